The molecule has 2 heteroatoms. The van der Waals surface area contributed by atoms with Gasteiger partial charge in [0, 0.05) is 13.2 Å². The van der Waals surface area contributed by atoms with Gasteiger partial charge in [-0.05, 0) is 69.7 Å². The SMILES string of the molecule is CCCNC(CC(C)OC)CC1CC2CCC1C2. The Kier molecular flexibility index (Phi) is 5.50. The third-order valence-corrected chi connectivity index (χ3v) is 5.17. The Morgan fingerprint density at radius 3 is 2.67 bits per heavy atom. The predicted octanol–water partition coefficient (Wildman–Crippen LogP) is 3.61. The smallest absolute Gasteiger partial charge is 0.0558 e. The Bertz CT molecular complexity index is 243. The van der Waals surface area contributed by atoms with E-state index in [1.165, 1.54) is 44.9 Å². The molecule has 0 aliphatic heterocycles. The molecule has 0 saturated heterocycles. The Morgan fingerprint density at radius 2 is 2.11 bits per heavy atom. The highest BCUT2D eigenvalue weighted by molar-refractivity contribution is 4.92. The van der Waals surface area contributed by atoms with Crippen LogP contribution in [0, 0.1) is 17.8 Å². The van der Waals surface area contributed by atoms with Crippen LogP contribution in [0.3, 0.4) is 0 Å². The van der Waals surface area contributed by atoms with Crippen molar-refractivity contribution in [2.24, 2.45) is 17.8 Å². The minimum absolute atomic E-state index is 0.387. The third kappa shape index (κ3) is 3.71. The quantitative estimate of drug-likeness (QED) is 0.713. The maximum atomic E-state index is 5.45. The highest BCUT2D eigenvalue weighted by atomic mass is 16.5. The molecule has 0 amide bonds. The first-order valence-corrected chi connectivity index (χ1v) is 7.99. The van der Waals surface area contributed by atoms with Crippen LogP contribution < -0.4 is 5.32 Å². The number of ether oxygens (including phenoxy) is 1. The fourth-order valence-corrected chi connectivity index (χ4v) is 4.14. The topological polar surface area (TPSA) is 21.3 Å². The average Bonchev–Trinajstić information content (AvgIpc) is 2.97. The van der Waals surface area contributed by atoms with E-state index in [-0.39, 0.29) is 0 Å². The Morgan fingerprint density at radius 1 is 1.28 bits per heavy atom. The molecular formula is C16H31NO. The van der Waals surface area contributed by atoms with Crippen molar-refractivity contribution in [3.05, 3.63) is 0 Å². The van der Waals surface area contributed by atoms with Crippen molar-refractivity contribution in [2.75, 3.05) is 13.7 Å². The van der Waals surface area contributed by atoms with Crippen molar-refractivity contribution in [1.82, 2.24) is 5.32 Å². The summed E-state index contributed by atoms with van der Waals surface area (Å²) in [7, 11) is 1.83. The number of hydrogen-bond acceptors (Lipinski definition) is 2. The van der Waals surface area contributed by atoms with E-state index in [0.717, 1.165) is 24.3 Å². The molecule has 1 N–H and O–H groups in total. The van der Waals surface area contributed by atoms with Crippen molar-refractivity contribution < 1.29 is 4.74 Å². The second kappa shape index (κ2) is 6.91. The molecule has 2 bridgehead atoms. The molecule has 2 aliphatic rings. The Balaban J connectivity index is 1.80. The summed E-state index contributed by atoms with van der Waals surface area (Å²) >= 11 is 0. The molecule has 106 valence electrons. The molecule has 0 aromatic heterocycles. The van der Waals surface area contributed by atoms with Gasteiger partial charge in [-0.3, -0.25) is 0 Å². The van der Waals surface area contributed by atoms with E-state index in [0.29, 0.717) is 12.1 Å². The highest BCUT2D eigenvalue weighted by Crippen LogP contribution is 2.50. The number of rotatable bonds is 8. The predicted molar refractivity (Wildman–Crippen MR) is 76.7 cm³/mol. The van der Waals surface area contributed by atoms with Crippen molar-refractivity contribution in [1.29, 1.82) is 0 Å². The molecule has 0 spiro atoms. The first kappa shape index (κ1) is 14.3. The molecule has 18 heavy (non-hydrogen) atoms. The normalized spacial score (nSPS) is 33.8. The molecule has 5 unspecified atom stereocenters. The average molecular weight is 253 g/mol. The maximum absolute atomic E-state index is 5.45. The summed E-state index contributed by atoms with van der Waals surface area (Å²) in [5.41, 5.74) is 0. The van der Waals surface area contributed by atoms with E-state index in [2.05, 4.69) is 19.2 Å². The molecule has 0 heterocycles. The molecule has 0 radical (unpaired) electrons. The summed E-state index contributed by atoms with van der Waals surface area (Å²) in [6.07, 6.45) is 10.2. The maximum Gasteiger partial charge on any atom is 0.0558 e. The van der Waals surface area contributed by atoms with Crippen molar-refractivity contribution in [2.45, 2.75) is 70.9 Å². The zero-order valence-electron chi connectivity index (χ0n) is 12.5. The highest BCUT2D eigenvalue weighted by Gasteiger charge is 2.40. The minimum atomic E-state index is 0.387. The second-order valence-corrected chi connectivity index (χ2v) is 6.60. The fraction of sp³-hybridized carbons (Fsp3) is 1.00. The lowest BCUT2D eigenvalue weighted by Crippen LogP contribution is -2.35. The molecule has 2 aliphatic carbocycles. The lowest BCUT2D eigenvalue weighted by atomic mass is 9.83. The molecule has 2 saturated carbocycles. The summed E-state index contributed by atoms with van der Waals surface area (Å²) in [6, 6.07) is 0.671. The number of hydrogen-bond donors (Lipinski definition) is 1. The first-order chi connectivity index (χ1) is 8.72. The van der Waals surface area contributed by atoms with Gasteiger partial charge in [0.15, 0.2) is 0 Å². The summed E-state index contributed by atoms with van der Waals surface area (Å²) in [4.78, 5) is 0. The minimum Gasteiger partial charge on any atom is -0.382 e. The van der Waals surface area contributed by atoms with Crippen LogP contribution in [0.1, 0.15) is 58.8 Å². The molecule has 5 atom stereocenters. The monoisotopic (exact) mass is 253 g/mol. The van der Waals surface area contributed by atoms with Gasteiger partial charge >= 0.3 is 0 Å². The van der Waals surface area contributed by atoms with Crippen LogP contribution in [0.5, 0.6) is 0 Å². The van der Waals surface area contributed by atoms with Crippen molar-refractivity contribution >= 4 is 0 Å². The van der Waals surface area contributed by atoms with Crippen LogP contribution in [-0.4, -0.2) is 25.8 Å². The van der Waals surface area contributed by atoms with Crippen LogP contribution in [0.15, 0.2) is 0 Å². The van der Waals surface area contributed by atoms with Gasteiger partial charge in [0.05, 0.1) is 6.10 Å². The van der Waals surface area contributed by atoms with Gasteiger partial charge in [0.2, 0.25) is 0 Å². The van der Waals surface area contributed by atoms with Gasteiger partial charge in [0.1, 0.15) is 0 Å². The van der Waals surface area contributed by atoms with Crippen molar-refractivity contribution in [3.8, 4) is 0 Å². The molecular weight excluding hydrogens is 222 g/mol. The standard InChI is InChI=1S/C16H31NO/c1-4-7-17-16(8-12(2)18-3)11-15-10-13-5-6-14(15)9-13/h12-17H,4-11H2,1-3H3. The second-order valence-electron chi connectivity index (χ2n) is 6.60. The van der Waals surface area contributed by atoms with E-state index >= 15 is 0 Å². The summed E-state index contributed by atoms with van der Waals surface area (Å²) in [5.74, 6) is 3.13. The summed E-state index contributed by atoms with van der Waals surface area (Å²) in [5, 5.41) is 3.74. The molecule has 0 aromatic carbocycles. The first-order valence-electron chi connectivity index (χ1n) is 7.99. The van der Waals surface area contributed by atoms with E-state index in [9.17, 15) is 0 Å². The zero-order valence-corrected chi connectivity index (χ0v) is 12.5. The van der Waals surface area contributed by atoms with E-state index in [1.807, 2.05) is 7.11 Å². The Hall–Kier alpha value is -0.0800. The molecule has 2 fully saturated rings. The van der Waals surface area contributed by atoms with Gasteiger partial charge in [-0.25, -0.2) is 0 Å². The lowest BCUT2D eigenvalue weighted by Gasteiger charge is -2.28. The van der Waals surface area contributed by atoms with Crippen LogP contribution in [0.4, 0.5) is 0 Å². The zero-order chi connectivity index (χ0) is 13.0. The van der Waals surface area contributed by atoms with Gasteiger partial charge in [-0.15, -0.1) is 0 Å². The lowest BCUT2D eigenvalue weighted by molar-refractivity contribution is 0.0948. The number of nitrogens with one attached hydrogen (secondary N) is 1. The molecule has 2 rings (SSSR count). The van der Waals surface area contributed by atoms with Crippen LogP contribution in [0.25, 0.3) is 0 Å². The number of fused-ring (bicyclic) bond motifs is 2. The summed E-state index contributed by atoms with van der Waals surface area (Å²) < 4.78 is 5.45. The third-order valence-electron chi connectivity index (χ3n) is 5.17. The fourth-order valence-electron chi connectivity index (χ4n) is 4.14. The molecule has 0 aromatic rings. The van der Waals surface area contributed by atoms with E-state index in [1.54, 1.807) is 0 Å². The van der Waals surface area contributed by atoms with Crippen LogP contribution in [-0.2, 0) is 4.74 Å². The van der Waals surface area contributed by atoms with Gasteiger partial charge in [-0.2, -0.15) is 0 Å². The van der Waals surface area contributed by atoms with Crippen LogP contribution >= 0.6 is 0 Å². The largest absolute Gasteiger partial charge is 0.382 e. The summed E-state index contributed by atoms with van der Waals surface area (Å²) in [6.45, 7) is 5.60. The molecule has 2 nitrogen and oxygen atoms in total. The van der Waals surface area contributed by atoms with Gasteiger partial charge in [0.25, 0.3) is 0 Å². The van der Waals surface area contributed by atoms with Crippen LogP contribution in [0.2, 0.25) is 0 Å². The van der Waals surface area contributed by atoms with Gasteiger partial charge < -0.3 is 10.1 Å². The van der Waals surface area contributed by atoms with E-state index in [4.69, 9.17) is 4.74 Å². The Labute approximate surface area is 113 Å². The number of methoxy groups -OCH3 is 1. The van der Waals surface area contributed by atoms with Crippen molar-refractivity contribution in [3.63, 3.8) is 0 Å². The van der Waals surface area contributed by atoms with Gasteiger partial charge in [-0.1, -0.05) is 13.3 Å². The van der Waals surface area contributed by atoms with E-state index < -0.39 is 0 Å².